The number of hydrogen-bond donors (Lipinski definition) is 1. The van der Waals surface area contributed by atoms with Crippen molar-refractivity contribution < 1.29 is 14.4 Å². The first-order valence-electron chi connectivity index (χ1n) is 8.04. The minimum atomic E-state index is -0.137. The Morgan fingerprint density at radius 3 is 3.05 bits per heavy atom. The maximum Gasteiger partial charge on any atom is 0.292 e. The first kappa shape index (κ1) is 14.6. The number of carbonyl (C=O) groups is 1. The average Bonchev–Trinajstić information content (AvgIpc) is 3.24. The Balaban J connectivity index is 1.70. The third-order valence-electron chi connectivity index (χ3n) is 4.80. The number of likely N-dealkylation sites (tertiary alicyclic amines) is 1. The van der Waals surface area contributed by atoms with E-state index in [4.69, 9.17) is 4.52 Å². The number of rotatable bonds is 5. The third-order valence-corrected chi connectivity index (χ3v) is 4.80. The van der Waals surface area contributed by atoms with Gasteiger partial charge in [-0.3, -0.25) is 4.79 Å². The molecule has 1 saturated carbocycles. The average molecular weight is 292 g/mol. The van der Waals surface area contributed by atoms with Crippen molar-refractivity contribution in [1.82, 2.24) is 10.1 Å². The van der Waals surface area contributed by atoms with E-state index in [-0.39, 0.29) is 17.9 Å². The van der Waals surface area contributed by atoms with Gasteiger partial charge in [-0.05, 0) is 32.1 Å². The molecule has 1 saturated heterocycles. The number of amides is 1. The lowest BCUT2D eigenvalue weighted by Crippen LogP contribution is -2.47. The second-order valence-electron chi connectivity index (χ2n) is 6.63. The van der Waals surface area contributed by atoms with Crippen LogP contribution >= 0.6 is 0 Å². The summed E-state index contributed by atoms with van der Waals surface area (Å²) in [7, 11) is 0. The standard InChI is InChI=1S/C16H24N2O3/c1-2-6-16(11-19)7-3-8-18(10-16)15(20)14-9-13(17-21-14)12-4-5-12/h9,12,19H,2-8,10-11H2,1H3/t16-/m0/s1. The molecule has 1 amide bonds. The van der Waals surface area contributed by atoms with Crippen molar-refractivity contribution in [2.45, 2.75) is 51.4 Å². The van der Waals surface area contributed by atoms with Gasteiger partial charge in [0.2, 0.25) is 5.76 Å². The van der Waals surface area contributed by atoms with E-state index in [1.54, 1.807) is 6.07 Å². The molecule has 2 aliphatic rings. The molecular weight excluding hydrogens is 268 g/mol. The fraction of sp³-hybridized carbons (Fsp3) is 0.750. The summed E-state index contributed by atoms with van der Waals surface area (Å²) in [5, 5.41) is 13.8. The Labute approximate surface area is 125 Å². The Bertz CT molecular complexity index is 505. The number of aliphatic hydroxyl groups is 1. The van der Waals surface area contributed by atoms with Gasteiger partial charge in [-0.2, -0.15) is 0 Å². The van der Waals surface area contributed by atoms with Crippen LogP contribution in [0.2, 0.25) is 0 Å². The van der Waals surface area contributed by atoms with Gasteiger partial charge in [0.1, 0.15) is 0 Å². The highest BCUT2D eigenvalue weighted by Gasteiger charge is 2.37. The quantitative estimate of drug-likeness (QED) is 0.905. The number of aromatic nitrogens is 1. The van der Waals surface area contributed by atoms with Crippen LogP contribution in [0, 0.1) is 5.41 Å². The molecule has 21 heavy (non-hydrogen) atoms. The number of piperidine rings is 1. The van der Waals surface area contributed by atoms with E-state index < -0.39 is 0 Å². The van der Waals surface area contributed by atoms with Crippen LogP contribution in [0.25, 0.3) is 0 Å². The summed E-state index contributed by atoms with van der Waals surface area (Å²) in [5.41, 5.74) is 0.777. The second-order valence-corrected chi connectivity index (χ2v) is 6.63. The van der Waals surface area contributed by atoms with Gasteiger partial charge in [0, 0.05) is 30.5 Å². The van der Waals surface area contributed by atoms with Gasteiger partial charge in [0.25, 0.3) is 5.91 Å². The molecule has 0 spiro atoms. The molecule has 1 aromatic rings. The van der Waals surface area contributed by atoms with Crippen LogP contribution in [0.4, 0.5) is 0 Å². The van der Waals surface area contributed by atoms with Crippen molar-refractivity contribution in [2.75, 3.05) is 19.7 Å². The molecule has 1 N–H and O–H groups in total. The third kappa shape index (κ3) is 2.98. The molecule has 2 heterocycles. The van der Waals surface area contributed by atoms with E-state index in [9.17, 15) is 9.90 Å². The van der Waals surface area contributed by atoms with Gasteiger partial charge in [-0.25, -0.2) is 0 Å². The summed E-state index contributed by atoms with van der Waals surface area (Å²) < 4.78 is 5.24. The molecule has 0 unspecified atom stereocenters. The van der Waals surface area contributed by atoms with Gasteiger partial charge < -0.3 is 14.5 Å². The summed E-state index contributed by atoms with van der Waals surface area (Å²) in [6, 6.07) is 1.80. The van der Waals surface area contributed by atoms with E-state index in [1.165, 1.54) is 0 Å². The van der Waals surface area contributed by atoms with E-state index in [1.807, 2.05) is 4.90 Å². The molecule has 0 aromatic carbocycles. The lowest BCUT2D eigenvalue weighted by Gasteiger charge is -2.41. The minimum Gasteiger partial charge on any atom is -0.396 e. The first-order chi connectivity index (χ1) is 10.2. The van der Waals surface area contributed by atoms with Crippen LogP contribution in [-0.4, -0.2) is 40.8 Å². The lowest BCUT2D eigenvalue weighted by atomic mass is 9.77. The maximum absolute atomic E-state index is 12.6. The summed E-state index contributed by atoms with van der Waals surface area (Å²) in [6.45, 7) is 3.63. The molecule has 3 rings (SSSR count). The molecule has 0 radical (unpaired) electrons. The van der Waals surface area contributed by atoms with Crippen molar-refractivity contribution in [3.8, 4) is 0 Å². The van der Waals surface area contributed by atoms with Crippen molar-refractivity contribution >= 4 is 5.91 Å². The Morgan fingerprint density at radius 2 is 2.38 bits per heavy atom. The van der Waals surface area contributed by atoms with Crippen molar-refractivity contribution in [3.05, 3.63) is 17.5 Å². The summed E-state index contributed by atoms with van der Waals surface area (Å²) in [5.74, 6) is 0.762. The van der Waals surface area contributed by atoms with Crippen LogP contribution in [0.1, 0.15) is 67.6 Å². The monoisotopic (exact) mass is 292 g/mol. The second kappa shape index (κ2) is 5.79. The van der Waals surface area contributed by atoms with E-state index in [0.29, 0.717) is 18.2 Å². The Kier molecular flexibility index (Phi) is 4.02. The zero-order chi connectivity index (χ0) is 14.9. The van der Waals surface area contributed by atoms with Crippen molar-refractivity contribution in [3.63, 3.8) is 0 Å². The van der Waals surface area contributed by atoms with Gasteiger partial charge in [-0.15, -0.1) is 0 Å². The number of nitrogens with zero attached hydrogens (tertiary/aromatic N) is 2. The first-order valence-corrected chi connectivity index (χ1v) is 8.04. The molecule has 5 nitrogen and oxygen atoms in total. The van der Waals surface area contributed by atoms with Crippen LogP contribution in [0.15, 0.2) is 10.6 Å². The Hall–Kier alpha value is -1.36. The number of carbonyl (C=O) groups excluding carboxylic acids is 1. The zero-order valence-electron chi connectivity index (χ0n) is 12.7. The van der Waals surface area contributed by atoms with Crippen LogP contribution in [0.5, 0.6) is 0 Å². The van der Waals surface area contributed by atoms with Gasteiger partial charge in [0.05, 0.1) is 12.3 Å². The molecule has 116 valence electrons. The molecule has 0 bridgehead atoms. The van der Waals surface area contributed by atoms with Gasteiger partial charge >= 0.3 is 0 Å². The van der Waals surface area contributed by atoms with E-state index in [0.717, 1.165) is 50.8 Å². The van der Waals surface area contributed by atoms with Crippen molar-refractivity contribution in [2.24, 2.45) is 5.41 Å². The van der Waals surface area contributed by atoms with E-state index >= 15 is 0 Å². The van der Waals surface area contributed by atoms with Gasteiger partial charge in [-0.1, -0.05) is 18.5 Å². The van der Waals surface area contributed by atoms with Crippen LogP contribution in [0.3, 0.4) is 0 Å². The molecule has 1 aliphatic carbocycles. The predicted molar refractivity (Wildman–Crippen MR) is 78.0 cm³/mol. The lowest BCUT2D eigenvalue weighted by molar-refractivity contribution is 0.0200. The largest absolute Gasteiger partial charge is 0.396 e. The highest BCUT2D eigenvalue weighted by Crippen LogP contribution is 2.40. The fourth-order valence-electron chi connectivity index (χ4n) is 3.44. The molecule has 1 atom stereocenters. The van der Waals surface area contributed by atoms with E-state index in [2.05, 4.69) is 12.1 Å². The highest BCUT2D eigenvalue weighted by molar-refractivity contribution is 5.91. The van der Waals surface area contributed by atoms with Crippen molar-refractivity contribution in [1.29, 1.82) is 0 Å². The predicted octanol–water partition coefficient (Wildman–Crippen LogP) is 2.57. The smallest absolute Gasteiger partial charge is 0.292 e. The Morgan fingerprint density at radius 1 is 1.57 bits per heavy atom. The van der Waals surface area contributed by atoms with Crippen LogP contribution < -0.4 is 0 Å². The molecule has 1 aromatic heterocycles. The minimum absolute atomic E-state index is 0.0805. The zero-order valence-corrected chi connectivity index (χ0v) is 12.7. The molecular formula is C16H24N2O3. The van der Waals surface area contributed by atoms with Crippen LogP contribution in [-0.2, 0) is 0 Å². The summed E-state index contributed by atoms with van der Waals surface area (Å²) in [6.07, 6.45) is 6.20. The van der Waals surface area contributed by atoms with Gasteiger partial charge in [0.15, 0.2) is 0 Å². The maximum atomic E-state index is 12.6. The molecule has 2 fully saturated rings. The SMILES string of the molecule is CCC[C@]1(CO)CCCN(C(=O)c2cc(C3CC3)no2)C1. The topological polar surface area (TPSA) is 66.6 Å². The molecule has 5 heteroatoms. The molecule has 1 aliphatic heterocycles. The highest BCUT2D eigenvalue weighted by atomic mass is 16.5. The number of aliphatic hydroxyl groups excluding tert-OH is 1. The fourth-order valence-corrected chi connectivity index (χ4v) is 3.44. The normalized spacial score (nSPS) is 26.1. The summed E-state index contributed by atoms with van der Waals surface area (Å²) in [4.78, 5) is 14.4. The summed E-state index contributed by atoms with van der Waals surface area (Å²) >= 11 is 0. The number of hydrogen-bond acceptors (Lipinski definition) is 4.